The van der Waals surface area contributed by atoms with E-state index in [9.17, 15) is 5.11 Å². The third-order valence-corrected chi connectivity index (χ3v) is 2.99. The van der Waals surface area contributed by atoms with Gasteiger partial charge in [-0.15, -0.1) is 0 Å². The number of aliphatic hydroxyl groups excluding tert-OH is 1. The van der Waals surface area contributed by atoms with Crippen molar-refractivity contribution in [2.75, 3.05) is 24.2 Å². The molecule has 18 heavy (non-hydrogen) atoms. The van der Waals surface area contributed by atoms with Gasteiger partial charge in [-0.25, -0.2) is 0 Å². The number of nitrogens with one attached hydrogen (secondary N) is 1. The Hall–Kier alpha value is -1.81. The van der Waals surface area contributed by atoms with Gasteiger partial charge in [0, 0.05) is 35.8 Å². The van der Waals surface area contributed by atoms with E-state index in [1.165, 1.54) is 0 Å². The number of nitrogens with two attached hydrogens (primary N) is 1. The van der Waals surface area contributed by atoms with Gasteiger partial charge in [0.15, 0.2) is 0 Å². The summed E-state index contributed by atoms with van der Waals surface area (Å²) < 4.78 is 0. The van der Waals surface area contributed by atoms with Crippen LogP contribution in [0.5, 0.6) is 0 Å². The average Bonchev–Trinajstić information content (AvgIpc) is 2.38. The quantitative estimate of drug-likeness (QED) is 0.722. The zero-order valence-corrected chi connectivity index (χ0v) is 10.8. The summed E-state index contributed by atoms with van der Waals surface area (Å²) in [5.41, 5.74) is 8.30. The van der Waals surface area contributed by atoms with Crippen molar-refractivity contribution in [3.05, 3.63) is 30.5 Å². The van der Waals surface area contributed by atoms with Crippen LogP contribution >= 0.6 is 0 Å². The Kier molecular flexibility index (Phi) is 3.39. The van der Waals surface area contributed by atoms with E-state index in [-0.39, 0.29) is 12.0 Å². The summed E-state index contributed by atoms with van der Waals surface area (Å²) in [6.07, 6.45) is 1.75. The van der Waals surface area contributed by atoms with E-state index in [0.717, 1.165) is 22.3 Å². The fourth-order valence-electron chi connectivity index (χ4n) is 1.73. The molecule has 0 fully saturated rings. The molecule has 0 amide bonds. The molecule has 0 spiro atoms. The van der Waals surface area contributed by atoms with Gasteiger partial charge in [-0.2, -0.15) is 0 Å². The number of nitrogens with zero attached hydrogens (tertiary/aromatic N) is 1. The Morgan fingerprint density at radius 3 is 2.83 bits per heavy atom. The van der Waals surface area contributed by atoms with Crippen LogP contribution in [0.1, 0.15) is 13.8 Å². The molecule has 0 atom stereocenters. The molecule has 0 unspecified atom stereocenters. The first-order valence-corrected chi connectivity index (χ1v) is 6.01. The number of benzene rings is 1. The van der Waals surface area contributed by atoms with Crippen molar-refractivity contribution in [1.29, 1.82) is 0 Å². The van der Waals surface area contributed by atoms with E-state index < -0.39 is 0 Å². The number of anilines is 2. The number of pyridine rings is 1. The molecule has 2 rings (SSSR count). The van der Waals surface area contributed by atoms with E-state index in [2.05, 4.69) is 10.3 Å². The maximum absolute atomic E-state index is 9.25. The second-order valence-electron chi connectivity index (χ2n) is 5.28. The Morgan fingerprint density at radius 1 is 1.33 bits per heavy atom. The number of hydrogen-bond acceptors (Lipinski definition) is 4. The minimum absolute atomic E-state index is 0.139. The lowest BCUT2D eigenvalue weighted by molar-refractivity contribution is 0.171. The highest BCUT2D eigenvalue weighted by molar-refractivity contribution is 5.98. The molecule has 4 heteroatoms. The van der Waals surface area contributed by atoms with Crippen molar-refractivity contribution in [3.63, 3.8) is 0 Å². The zero-order chi connectivity index (χ0) is 13.2. The highest BCUT2D eigenvalue weighted by Crippen LogP contribution is 2.27. The van der Waals surface area contributed by atoms with E-state index in [1.807, 2.05) is 38.1 Å². The monoisotopic (exact) mass is 245 g/mol. The molecule has 1 aromatic carbocycles. The van der Waals surface area contributed by atoms with Gasteiger partial charge < -0.3 is 16.2 Å². The van der Waals surface area contributed by atoms with Crippen LogP contribution in [0.4, 0.5) is 11.4 Å². The van der Waals surface area contributed by atoms with E-state index in [4.69, 9.17) is 5.73 Å². The normalized spacial score (nSPS) is 11.7. The minimum Gasteiger partial charge on any atom is -0.398 e. The average molecular weight is 245 g/mol. The molecule has 0 saturated heterocycles. The third kappa shape index (κ3) is 2.54. The van der Waals surface area contributed by atoms with E-state index >= 15 is 0 Å². The van der Waals surface area contributed by atoms with Crippen LogP contribution in [-0.4, -0.2) is 23.2 Å². The van der Waals surface area contributed by atoms with Crippen LogP contribution in [0.25, 0.3) is 10.9 Å². The Balaban J connectivity index is 2.32. The number of aromatic nitrogens is 1. The number of fused-ring (bicyclic) bond motifs is 1. The SMILES string of the molecule is CC(C)(CO)CNc1ccc(N)c2cccnc12. The molecule has 1 aromatic heterocycles. The van der Waals surface area contributed by atoms with Gasteiger partial charge in [0.25, 0.3) is 0 Å². The first-order chi connectivity index (χ1) is 8.53. The van der Waals surface area contributed by atoms with Crippen LogP contribution in [0, 0.1) is 5.41 Å². The van der Waals surface area contributed by atoms with Crippen molar-refractivity contribution >= 4 is 22.3 Å². The minimum atomic E-state index is -0.164. The fraction of sp³-hybridized carbons (Fsp3) is 0.357. The molecule has 4 N–H and O–H groups in total. The molecule has 0 aliphatic heterocycles. The Bertz CT molecular complexity index is 552. The summed E-state index contributed by atoms with van der Waals surface area (Å²) in [5.74, 6) is 0. The highest BCUT2D eigenvalue weighted by atomic mass is 16.3. The van der Waals surface area contributed by atoms with Crippen LogP contribution in [0.3, 0.4) is 0 Å². The van der Waals surface area contributed by atoms with Crippen molar-refractivity contribution in [2.24, 2.45) is 5.41 Å². The standard InChI is InChI=1S/C14H19N3O/c1-14(2,9-18)8-17-12-6-5-11(15)10-4-3-7-16-13(10)12/h3-7,17-18H,8-9,15H2,1-2H3. The van der Waals surface area contributed by atoms with Crippen molar-refractivity contribution in [2.45, 2.75) is 13.8 Å². The predicted molar refractivity (Wildman–Crippen MR) is 75.5 cm³/mol. The first kappa shape index (κ1) is 12.6. The van der Waals surface area contributed by atoms with Crippen LogP contribution in [0.2, 0.25) is 0 Å². The molecule has 1 heterocycles. The maximum Gasteiger partial charge on any atom is 0.0953 e. The summed E-state index contributed by atoms with van der Waals surface area (Å²) in [6, 6.07) is 7.64. The lowest BCUT2D eigenvalue weighted by atomic mass is 9.95. The van der Waals surface area contributed by atoms with E-state index in [0.29, 0.717) is 6.54 Å². The van der Waals surface area contributed by atoms with Crippen molar-refractivity contribution in [3.8, 4) is 0 Å². The topological polar surface area (TPSA) is 71.2 Å². The smallest absolute Gasteiger partial charge is 0.0953 e. The summed E-state index contributed by atoms with van der Waals surface area (Å²) in [5, 5.41) is 13.5. The second kappa shape index (κ2) is 4.82. The fourth-order valence-corrected chi connectivity index (χ4v) is 1.73. The summed E-state index contributed by atoms with van der Waals surface area (Å²) >= 11 is 0. The number of nitrogen functional groups attached to an aromatic ring is 1. The lowest BCUT2D eigenvalue weighted by Gasteiger charge is -2.23. The summed E-state index contributed by atoms with van der Waals surface area (Å²) in [4.78, 5) is 4.36. The van der Waals surface area contributed by atoms with Crippen molar-refractivity contribution in [1.82, 2.24) is 4.98 Å². The Morgan fingerprint density at radius 2 is 2.11 bits per heavy atom. The molecule has 0 saturated carbocycles. The lowest BCUT2D eigenvalue weighted by Crippen LogP contribution is -2.26. The largest absolute Gasteiger partial charge is 0.398 e. The predicted octanol–water partition coefficient (Wildman–Crippen LogP) is 2.25. The van der Waals surface area contributed by atoms with Crippen LogP contribution in [-0.2, 0) is 0 Å². The number of hydrogen-bond donors (Lipinski definition) is 3. The van der Waals surface area contributed by atoms with Gasteiger partial charge in [-0.3, -0.25) is 4.98 Å². The van der Waals surface area contributed by atoms with Gasteiger partial charge in [-0.05, 0) is 24.3 Å². The molecule has 2 aromatic rings. The summed E-state index contributed by atoms with van der Waals surface area (Å²) in [7, 11) is 0. The molecule has 0 radical (unpaired) electrons. The van der Waals surface area contributed by atoms with Crippen LogP contribution < -0.4 is 11.1 Å². The zero-order valence-electron chi connectivity index (χ0n) is 10.8. The molecule has 0 aliphatic rings. The van der Waals surface area contributed by atoms with Gasteiger partial charge >= 0.3 is 0 Å². The first-order valence-electron chi connectivity index (χ1n) is 6.01. The molecule has 0 aliphatic carbocycles. The summed E-state index contributed by atoms with van der Waals surface area (Å²) in [6.45, 7) is 4.83. The molecule has 0 bridgehead atoms. The number of aliphatic hydroxyl groups is 1. The highest BCUT2D eigenvalue weighted by Gasteiger charge is 2.16. The molecular formula is C14H19N3O. The van der Waals surface area contributed by atoms with Crippen LogP contribution in [0.15, 0.2) is 30.5 Å². The number of rotatable bonds is 4. The van der Waals surface area contributed by atoms with E-state index in [1.54, 1.807) is 6.20 Å². The van der Waals surface area contributed by atoms with Gasteiger partial charge in [-0.1, -0.05) is 13.8 Å². The molecule has 4 nitrogen and oxygen atoms in total. The third-order valence-electron chi connectivity index (χ3n) is 2.99. The van der Waals surface area contributed by atoms with Gasteiger partial charge in [0.1, 0.15) is 0 Å². The molecular weight excluding hydrogens is 226 g/mol. The Labute approximate surface area is 107 Å². The van der Waals surface area contributed by atoms with Gasteiger partial charge in [0.2, 0.25) is 0 Å². The van der Waals surface area contributed by atoms with Crippen molar-refractivity contribution < 1.29 is 5.11 Å². The maximum atomic E-state index is 9.25. The van der Waals surface area contributed by atoms with Gasteiger partial charge in [0.05, 0.1) is 11.2 Å². The molecule has 96 valence electrons. The second-order valence-corrected chi connectivity index (χ2v) is 5.28.